The molecule has 0 fully saturated rings. The van der Waals surface area contributed by atoms with Gasteiger partial charge >= 0.3 is 371 Å². The van der Waals surface area contributed by atoms with E-state index < -0.39 is 13.3 Å². The van der Waals surface area contributed by atoms with Gasteiger partial charge in [-0.25, -0.2) is 0 Å². The van der Waals surface area contributed by atoms with Gasteiger partial charge in [-0.15, -0.1) is 0 Å². The number of benzene rings is 10. The van der Waals surface area contributed by atoms with Crippen molar-refractivity contribution in [2.75, 3.05) is 0 Å². The molecular formula is C60H40GeO2. The second kappa shape index (κ2) is 15.4. The van der Waals surface area contributed by atoms with Crippen LogP contribution in [-0.4, -0.2) is 13.3 Å². The maximum atomic E-state index is 6.76. The van der Waals surface area contributed by atoms with E-state index in [0.29, 0.717) is 0 Å². The van der Waals surface area contributed by atoms with Crippen LogP contribution in [0.3, 0.4) is 0 Å². The summed E-state index contributed by atoms with van der Waals surface area (Å²) in [7, 11) is 0. The Balaban J connectivity index is 1.22. The van der Waals surface area contributed by atoms with Crippen LogP contribution in [0.1, 0.15) is 0 Å². The molecule has 296 valence electrons. The molecule has 0 saturated heterocycles. The van der Waals surface area contributed by atoms with Crippen molar-refractivity contribution in [3.05, 3.63) is 243 Å². The van der Waals surface area contributed by atoms with E-state index in [-0.39, 0.29) is 0 Å². The molecular weight excluding hydrogens is 825 g/mol. The number of furan rings is 2. The molecule has 2 heterocycles. The molecule has 0 saturated carbocycles. The van der Waals surface area contributed by atoms with Crippen LogP contribution in [0, 0.1) is 0 Å². The van der Waals surface area contributed by atoms with Crippen LogP contribution in [0.25, 0.3) is 88.4 Å². The van der Waals surface area contributed by atoms with Crippen molar-refractivity contribution < 1.29 is 8.83 Å². The first-order valence-electron chi connectivity index (χ1n) is 21.6. The standard InChI is InChI=1S/C60H40GeO2/c1-5-19-41(20-6-1)43-35-45(51-29-17-31-55-53-27-13-15-33-57(53)62-59(51)55)39-49(37-43)61(47-23-9-3-10-24-47,48-25-11-4-12-26-48)50-38-44(42-21-7-2-8-22-42)36-46(40-50)52-30-18-32-56-54-28-14-16-34-58(54)63-60(52)56/h1-40H. The molecule has 0 bridgehead atoms. The Morgan fingerprint density at radius 2 is 0.587 bits per heavy atom. The summed E-state index contributed by atoms with van der Waals surface area (Å²) in [5, 5.41) is 4.49. The van der Waals surface area contributed by atoms with Gasteiger partial charge < -0.3 is 0 Å². The van der Waals surface area contributed by atoms with Crippen LogP contribution in [-0.2, 0) is 0 Å². The van der Waals surface area contributed by atoms with E-state index in [2.05, 4.69) is 231 Å². The van der Waals surface area contributed by atoms with Gasteiger partial charge in [0.05, 0.1) is 0 Å². The number of hydrogen-bond acceptors (Lipinski definition) is 2. The SMILES string of the molecule is c1ccc(-c2cc(-c3cccc4c3oc3ccccc34)c[c]([Ge]([c]3ccccc3)([c]3ccccc3)[c]3cc(-c4ccccc4)cc(-c4cccc5c4oc4ccccc45)c3)c2)cc1. The molecule has 0 amide bonds. The quantitative estimate of drug-likeness (QED) is 0.142. The molecule has 0 aliphatic heterocycles. The number of rotatable bonds is 8. The molecule has 0 unspecified atom stereocenters. The van der Waals surface area contributed by atoms with Crippen molar-refractivity contribution in [2.24, 2.45) is 0 Å². The molecule has 10 aromatic carbocycles. The van der Waals surface area contributed by atoms with E-state index in [4.69, 9.17) is 8.83 Å². The Labute approximate surface area is 368 Å². The van der Waals surface area contributed by atoms with Gasteiger partial charge in [-0.3, -0.25) is 0 Å². The summed E-state index contributed by atoms with van der Waals surface area (Å²) in [5.41, 5.74) is 12.7. The third-order valence-electron chi connectivity index (χ3n) is 12.8. The Morgan fingerprint density at radius 1 is 0.238 bits per heavy atom. The Morgan fingerprint density at radius 3 is 1.02 bits per heavy atom. The average Bonchev–Trinajstić information content (AvgIpc) is 3.94. The molecule has 2 nitrogen and oxygen atoms in total. The summed E-state index contributed by atoms with van der Waals surface area (Å²) in [6.45, 7) is 0. The van der Waals surface area contributed by atoms with Crippen LogP contribution < -0.4 is 17.6 Å². The third kappa shape index (κ3) is 6.25. The molecule has 0 aliphatic rings. The fourth-order valence-electron chi connectivity index (χ4n) is 9.92. The topological polar surface area (TPSA) is 26.3 Å². The van der Waals surface area contributed by atoms with E-state index >= 15 is 0 Å². The Bertz CT molecular complexity index is 3360. The molecule has 3 heteroatoms. The van der Waals surface area contributed by atoms with E-state index in [0.717, 1.165) is 66.1 Å². The fraction of sp³-hybridized carbons (Fsp3) is 0. The number of fused-ring (bicyclic) bond motifs is 6. The second-order valence-corrected chi connectivity index (χ2v) is 24.4. The van der Waals surface area contributed by atoms with Gasteiger partial charge in [-0.1, -0.05) is 0 Å². The molecule has 0 aliphatic carbocycles. The van der Waals surface area contributed by atoms with Gasteiger partial charge in [0, 0.05) is 0 Å². The zero-order valence-electron chi connectivity index (χ0n) is 34.4. The van der Waals surface area contributed by atoms with E-state index in [9.17, 15) is 0 Å². The normalized spacial score (nSPS) is 11.8. The molecule has 12 aromatic rings. The summed E-state index contributed by atoms with van der Waals surface area (Å²) in [6, 6.07) is 88.9. The van der Waals surface area contributed by atoms with Crippen molar-refractivity contribution in [3.8, 4) is 44.5 Å². The third-order valence-corrected chi connectivity index (χ3v) is 22.7. The number of para-hydroxylation sites is 4. The van der Waals surface area contributed by atoms with Gasteiger partial charge in [0.15, 0.2) is 0 Å². The molecule has 0 N–H and O–H groups in total. The average molecular weight is 866 g/mol. The van der Waals surface area contributed by atoms with Crippen molar-refractivity contribution in [1.82, 2.24) is 0 Å². The first kappa shape index (κ1) is 37.1. The molecule has 0 radical (unpaired) electrons. The van der Waals surface area contributed by atoms with Gasteiger partial charge in [-0.2, -0.15) is 0 Å². The van der Waals surface area contributed by atoms with Crippen molar-refractivity contribution in [1.29, 1.82) is 0 Å². The monoisotopic (exact) mass is 866 g/mol. The summed E-state index contributed by atoms with van der Waals surface area (Å²) < 4.78 is 18.9. The molecule has 63 heavy (non-hydrogen) atoms. The first-order valence-corrected chi connectivity index (χ1v) is 25.8. The number of hydrogen-bond donors (Lipinski definition) is 0. The minimum atomic E-state index is -4.06. The Kier molecular flexibility index (Phi) is 9.05. The van der Waals surface area contributed by atoms with Gasteiger partial charge in [0.25, 0.3) is 0 Å². The Hall–Kier alpha value is -7.66. The van der Waals surface area contributed by atoms with E-state index in [1.54, 1.807) is 0 Å². The molecule has 0 spiro atoms. The molecule has 2 aromatic heterocycles. The second-order valence-electron chi connectivity index (χ2n) is 16.4. The van der Waals surface area contributed by atoms with Crippen LogP contribution in [0.4, 0.5) is 0 Å². The maximum absolute atomic E-state index is 6.76. The first-order chi connectivity index (χ1) is 31.2. The van der Waals surface area contributed by atoms with Gasteiger partial charge in [0.2, 0.25) is 0 Å². The van der Waals surface area contributed by atoms with Crippen molar-refractivity contribution in [2.45, 2.75) is 0 Å². The molecule has 12 rings (SSSR count). The fourth-order valence-corrected chi connectivity index (χ4v) is 20.1. The molecule has 0 atom stereocenters. The summed E-state index contributed by atoms with van der Waals surface area (Å²) in [4.78, 5) is 0. The predicted molar refractivity (Wildman–Crippen MR) is 266 cm³/mol. The zero-order valence-corrected chi connectivity index (χ0v) is 36.5. The van der Waals surface area contributed by atoms with Crippen LogP contribution >= 0.6 is 0 Å². The van der Waals surface area contributed by atoms with Crippen LogP contribution in [0.15, 0.2) is 251 Å². The van der Waals surface area contributed by atoms with Crippen molar-refractivity contribution in [3.63, 3.8) is 0 Å². The summed E-state index contributed by atoms with van der Waals surface area (Å²) in [5.74, 6) is 0. The minimum absolute atomic E-state index is 0.893. The van der Waals surface area contributed by atoms with E-state index in [1.165, 1.54) is 39.8 Å². The van der Waals surface area contributed by atoms with Gasteiger partial charge in [0.1, 0.15) is 0 Å². The zero-order chi connectivity index (χ0) is 41.7. The summed E-state index contributed by atoms with van der Waals surface area (Å²) >= 11 is -4.06. The van der Waals surface area contributed by atoms with Crippen molar-refractivity contribution >= 4 is 74.7 Å². The van der Waals surface area contributed by atoms with Gasteiger partial charge in [-0.05, 0) is 0 Å². The predicted octanol–water partition coefficient (Wildman–Crippen LogP) is 13.5. The van der Waals surface area contributed by atoms with Crippen LogP contribution in [0.2, 0.25) is 0 Å². The summed E-state index contributed by atoms with van der Waals surface area (Å²) in [6.07, 6.45) is 0. The van der Waals surface area contributed by atoms with E-state index in [1.807, 2.05) is 12.1 Å². The van der Waals surface area contributed by atoms with Crippen LogP contribution in [0.5, 0.6) is 0 Å².